The Morgan fingerprint density at radius 1 is 0.252 bits per heavy atom. The van der Waals surface area contributed by atoms with E-state index in [-0.39, 0.29) is 25.7 Å². The standard InChI is InChI=1S/C88H172O17P2/c1-7-9-11-13-15-17-19-21-23-25-27-28-29-31-35-40-44-48-54-61-66-72-87(92)104-83(76-98-85(90)70-64-58-52-46-42-38-36-32-33-37-41-45-50-56-62-68-80(3)4)78-102-106(94,95)100-74-82(89)75-101-107(96,97)103-79-84(77-99-86(91)71-65-59-55-49-51-57-63-69-81(5)6)105-88(93)73-67-60-53-47-43-39-34-30-26-24-22-20-18-16-14-12-10-8-2/h80-84,89H,7-79H2,1-6H3,(H,94,95)(H,96,97)/t82-,83-,84-/m1/s1. The van der Waals surface area contributed by atoms with Gasteiger partial charge < -0.3 is 33.8 Å². The second kappa shape index (κ2) is 79.3. The molecular weight excluding hydrogens is 1390 g/mol. The Labute approximate surface area is 658 Å². The van der Waals surface area contributed by atoms with Gasteiger partial charge in [0, 0.05) is 25.7 Å². The lowest BCUT2D eigenvalue weighted by atomic mass is 10.0. The predicted molar refractivity (Wildman–Crippen MR) is 442 cm³/mol. The second-order valence-electron chi connectivity index (χ2n) is 32.6. The zero-order valence-corrected chi connectivity index (χ0v) is 72.2. The molecular formula is C88H172O17P2. The average Bonchev–Trinajstić information content (AvgIpc) is 0.901. The number of rotatable bonds is 87. The van der Waals surface area contributed by atoms with Gasteiger partial charge in [-0.2, -0.15) is 0 Å². The summed E-state index contributed by atoms with van der Waals surface area (Å²) in [4.78, 5) is 73.3. The molecule has 0 saturated carbocycles. The fourth-order valence-corrected chi connectivity index (χ4v) is 15.4. The molecule has 0 saturated heterocycles. The third-order valence-electron chi connectivity index (χ3n) is 20.7. The van der Waals surface area contributed by atoms with Crippen LogP contribution in [0, 0.1) is 11.8 Å². The zero-order valence-electron chi connectivity index (χ0n) is 70.5. The highest BCUT2D eigenvalue weighted by Crippen LogP contribution is 2.45. The minimum absolute atomic E-state index is 0.108. The highest BCUT2D eigenvalue weighted by atomic mass is 31.2. The summed E-state index contributed by atoms with van der Waals surface area (Å²) in [5.41, 5.74) is 0. The predicted octanol–water partition coefficient (Wildman–Crippen LogP) is 27.0. The lowest BCUT2D eigenvalue weighted by Crippen LogP contribution is -2.30. The Kier molecular flexibility index (Phi) is 77.9. The normalized spacial score (nSPS) is 13.8. The molecule has 5 atom stereocenters. The molecule has 0 spiro atoms. The third-order valence-corrected chi connectivity index (χ3v) is 22.6. The summed E-state index contributed by atoms with van der Waals surface area (Å²) in [7, 11) is -9.93. The van der Waals surface area contributed by atoms with Crippen LogP contribution in [0.3, 0.4) is 0 Å². The first-order valence-corrected chi connectivity index (χ1v) is 48.5. The molecule has 3 N–H and O–H groups in total. The van der Waals surface area contributed by atoms with Crippen molar-refractivity contribution in [3.05, 3.63) is 0 Å². The maximum absolute atomic E-state index is 13.2. The van der Waals surface area contributed by atoms with Crippen molar-refractivity contribution in [2.75, 3.05) is 39.6 Å². The summed E-state index contributed by atoms with van der Waals surface area (Å²) in [6.45, 7) is 9.66. The molecule has 0 aromatic heterocycles. The van der Waals surface area contributed by atoms with Crippen LogP contribution >= 0.6 is 15.6 Å². The van der Waals surface area contributed by atoms with Crippen molar-refractivity contribution in [1.82, 2.24) is 0 Å². The van der Waals surface area contributed by atoms with E-state index in [2.05, 4.69) is 41.5 Å². The fourth-order valence-electron chi connectivity index (χ4n) is 13.8. The smallest absolute Gasteiger partial charge is 0.462 e. The zero-order chi connectivity index (χ0) is 78.5. The minimum Gasteiger partial charge on any atom is -0.462 e. The molecule has 0 heterocycles. The van der Waals surface area contributed by atoms with Gasteiger partial charge in [0.2, 0.25) is 0 Å². The molecule has 0 radical (unpaired) electrons. The van der Waals surface area contributed by atoms with E-state index in [0.29, 0.717) is 31.6 Å². The molecule has 0 aliphatic heterocycles. The van der Waals surface area contributed by atoms with Gasteiger partial charge in [0.05, 0.1) is 26.4 Å². The SMILES string of the molecule is CCCCCCCCCCCCCCCCCCCCCCCC(=O)O[C@H](COC(=O)CCCCCCCCCCCCCCCCCC(C)C)COP(=O)(O)OC[C@@H](O)COP(=O)(O)OC[C@@H](COC(=O)CCCCCCCCCC(C)C)OC(=O)CCCCCCCCCCCCCCCCCCCC. The Morgan fingerprint density at radius 3 is 0.636 bits per heavy atom. The van der Waals surface area contributed by atoms with Gasteiger partial charge in [-0.1, -0.05) is 420 Å². The molecule has 0 rings (SSSR count). The van der Waals surface area contributed by atoms with Gasteiger partial charge in [-0.15, -0.1) is 0 Å². The summed E-state index contributed by atoms with van der Waals surface area (Å²) in [5, 5.41) is 10.7. The van der Waals surface area contributed by atoms with Gasteiger partial charge >= 0.3 is 39.5 Å². The van der Waals surface area contributed by atoms with Gasteiger partial charge in [0.1, 0.15) is 19.3 Å². The van der Waals surface area contributed by atoms with Gasteiger partial charge in [0.25, 0.3) is 0 Å². The number of ether oxygens (including phenoxy) is 4. The van der Waals surface area contributed by atoms with Crippen molar-refractivity contribution in [2.45, 2.75) is 490 Å². The summed E-state index contributed by atoms with van der Waals surface area (Å²) < 4.78 is 68.9. The number of carbonyl (C=O) groups is 4. The molecule has 2 unspecified atom stereocenters. The van der Waals surface area contributed by atoms with Crippen LogP contribution in [0.5, 0.6) is 0 Å². The molecule has 0 aliphatic carbocycles. The second-order valence-corrected chi connectivity index (χ2v) is 35.5. The number of hydrogen-bond donors (Lipinski definition) is 3. The number of carbonyl (C=O) groups excluding carboxylic acids is 4. The molecule has 0 bridgehead atoms. The highest BCUT2D eigenvalue weighted by Gasteiger charge is 2.30. The van der Waals surface area contributed by atoms with Crippen molar-refractivity contribution >= 4 is 39.5 Å². The van der Waals surface area contributed by atoms with Crippen LogP contribution in [-0.4, -0.2) is 96.7 Å². The van der Waals surface area contributed by atoms with E-state index in [1.54, 1.807) is 0 Å². The van der Waals surface area contributed by atoms with E-state index in [9.17, 15) is 43.2 Å². The molecule has 0 aliphatic rings. The first-order chi connectivity index (χ1) is 51.9. The molecule has 107 heavy (non-hydrogen) atoms. The first kappa shape index (κ1) is 105. The average molecular weight is 1560 g/mol. The number of aliphatic hydroxyl groups excluding tert-OH is 1. The number of aliphatic hydroxyl groups is 1. The van der Waals surface area contributed by atoms with Crippen molar-refractivity contribution in [1.29, 1.82) is 0 Å². The number of phosphoric acid groups is 2. The Balaban J connectivity index is 5.22. The van der Waals surface area contributed by atoms with E-state index >= 15 is 0 Å². The highest BCUT2D eigenvalue weighted by molar-refractivity contribution is 7.47. The van der Waals surface area contributed by atoms with E-state index in [1.165, 1.54) is 283 Å². The topological polar surface area (TPSA) is 237 Å². The van der Waals surface area contributed by atoms with Gasteiger partial charge in [0.15, 0.2) is 12.2 Å². The molecule has 17 nitrogen and oxygen atoms in total. The summed E-state index contributed by atoms with van der Waals surface area (Å²) in [6.07, 6.45) is 72.4. The quantitative estimate of drug-likeness (QED) is 0.0222. The van der Waals surface area contributed by atoms with Gasteiger partial charge in [-0.25, -0.2) is 9.13 Å². The van der Waals surface area contributed by atoms with Crippen LogP contribution < -0.4 is 0 Å². The number of hydrogen-bond acceptors (Lipinski definition) is 15. The largest absolute Gasteiger partial charge is 0.472 e. The molecule has 0 aromatic carbocycles. The first-order valence-electron chi connectivity index (χ1n) is 45.5. The molecule has 636 valence electrons. The van der Waals surface area contributed by atoms with Crippen molar-refractivity contribution in [3.8, 4) is 0 Å². The Hall–Kier alpha value is -1.94. The van der Waals surface area contributed by atoms with Crippen LogP contribution in [0.2, 0.25) is 0 Å². The van der Waals surface area contributed by atoms with Crippen LogP contribution in [0.1, 0.15) is 472 Å². The van der Waals surface area contributed by atoms with Crippen molar-refractivity contribution in [2.24, 2.45) is 11.8 Å². The lowest BCUT2D eigenvalue weighted by Gasteiger charge is -2.21. The summed E-state index contributed by atoms with van der Waals surface area (Å²) in [6, 6.07) is 0. The monoisotopic (exact) mass is 1560 g/mol. The molecule has 0 amide bonds. The van der Waals surface area contributed by atoms with E-state index in [1.807, 2.05) is 0 Å². The summed E-state index contributed by atoms with van der Waals surface area (Å²) >= 11 is 0. The summed E-state index contributed by atoms with van der Waals surface area (Å²) in [5.74, 6) is -0.590. The Bertz CT molecular complexity index is 2050. The van der Waals surface area contributed by atoms with Crippen LogP contribution in [0.4, 0.5) is 0 Å². The van der Waals surface area contributed by atoms with E-state index in [0.717, 1.165) is 102 Å². The number of phosphoric ester groups is 2. The Morgan fingerprint density at radius 2 is 0.430 bits per heavy atom. The maximum atomic E-state index is 13.2. The molecule has 0 fully saturated rings. The maximum Gasteiger partial charge on any atom is 0.472 e. The van der Waals surface area contributed by atoms with E-state index in [4.69, 9.17) is 37.0 Å². The van der Waals surface area contributed by atoms with E-state index < -0.39 is 97.5 Å². The van der Waals surface area contributed by atoms with Crippen LogP contribution in [0.25, 0.3) is 0 Å². The van der Waals surface area contributed by atoms with Crippen molar-refractivity contribution in [3.63, 3.8) is 0 Å². The van der Waals surface area contributed by atoms with Crippen molar-refractivity contribution < 1.29 is 80.2 Å². The van der Waals surface area contributed by atoms with Gasteiger partial charge in [-0.3, -0.25) is 37.3 Å². The van der Waals surface area contributed by atoms with Gasteiger partial charge in [-0.05, 0) is 37.5 Å². The molecule has 19 heteroatoms. The third kappa shape index (κ3) is 81.9. The van der Waals surface area contributed by atoms with Crippen LogP contribution in [-0.2, 0) is 65.4 Å². The fraction of sp³-hybridized carbons (Fsp3) is 0.955. The number of unbranched alkanes of at least 4 members (excludes halogenated alkanes) is 57. The lowest BCUT2D eigenvalue weighted by molar-refractivity contribution is -0.161. The van der Waals surface area contributed by atoms with Crippen LogP contribution in [0.15, 0.2) is 0 Å². The molecule has 0 aromatic rings. The minimum atomic E-state index is -4.97. The number of esters is 4.